The Bertz CT molecular complexity index is 403. The van der Waals surface area contributed by atoms with Crippen molar-refractivity contribution in [3.05, 3.63) is 28.8 Å². The van der Waals surface area contributed by atoms with E-state index in [1.54, 1.807) is 7.11 Å². The number of hydrogen-bond acceptors (Lipinski definition) is 3. The molecule has 1 atom stereocenters. The van der Waals surface area contributed by atoms with E-state index in [1.165, 1.54) is 5.56 Å². The van der Waals surface area contributed by atoms with Crippen molar-refractivity contribution >= 4 is 11.6 Å². The van der Waals surface area contributed by atoms with Crippen LogP contribution in [0.4, 0.5) is 5.69 Å². The summed E-state index contributed by atoms with van der Waals surface area (Å²) < 4.78 is 5.10. The molecule has 0 saturated heterocycles. The number of carbonyl (C=O) groups is 1. The van der Waals surface area contributed by atoms with Gasteiger partial charge in [-0.2, -0.15) is 0 Å². The van der Waals surface area contributed by atoms with Crippen molar-refractivity contribution in [3.63, 3.8) is 0 Å². The molecule has 1 rings (SSSR count). The van der Waals surface area contributed by atoms with Crippen molar-refractivity contribution in [2.75, 3.05) is 19.0 Å². The molecule has 18 heavy (non-hydrogen) atoms. The second-order valence-electron chi connectivity index (χ2n) is 4.62. The van der Waals surface area contributed by atoms with Gasteiger partial charge in [0.25, 0.3) is 0 Å². The molecule has 100 valence electrons. The summed E-state index contributed by atoms with van der Waals surface area (Å²) in [4.78, 5) is 11.9. The van der Waals surface area contributed by atoms with Gasteiger partial charge in [0.1, 0.15) is 0 Å². The number of hydrogen-bond donors (Lipinski definition) is 2. The number of benzene rings is 1. The molecule has 1 unspecified atom stereocenters. The highest BCUT2D eigenvalue weighted by atomic mass is 16.5. The van der Waals surface area contributed by atoms with Crippen LogP contribution in [0.2, 0.25) is 0 Å². The number of amides is 1. The Balaban J connectivity index is 2.76. The van der Waals surface area contributed by atoms with Crippen LogP contribution >= 0.6 is 0 Å². The van der Waals surface area contributed by atoms with E-state index in [9.17, 15) is 4.79 Å². The monoisotopic (exact) mass is 250 g/mol. The van der Waals surface area contributed by atoms with E-state index < -0.39 is 0 Å². The van der Waals surface area contributed by atoms with Gasteiger partial charge in [-0.25, -0.2) is 0 Å². The zero-order chi connectivity index (χ0) is 13.7. The number of ether oxygens (including phenoxy) is 1. The van der Waals surface area contributed by atoms with E-state index in [0.29, 0.717) is 6.54 Å². The van der Waals surface area contributed by atoms with Gasteiger partial charge in [-0.1, -0.05) is 17.7 Å². The Hall–Kier alpha value is -1.39. The van der Waals surface area contributed by atoms with E-state index in [0.717, 1.165) is 16.8 Å². The third-order valence-corrected chi connectivity index (χ3v) is 2.95. The highest BCUT2D eigenvalue weighted by Gasteiger charge is 2.13. The van der Waals surface area contributed by atoms with Crippen molar-refractivity contribution < 1.29 is 9.53 Å². The van der Waals surface area contributed by atoms with Crippen LogP contribution in [-0.4, -0.2) is 25.7 Å². The van der Waals surface area contributed by atoms with Gasteiger partial charge in [0.15, 0.2) is 0 Å². The van der Waals surface area contributed by atoms with Gasteiger partial charge in [0.2, 0.25) is 5.91 Å². The molecule has 0 saturated carbocycles. The third-order valence-electron chi connectivity index (χ3n) is 2.95. The second-order valence-corrected chi connectivity index (χ2v) is 4.62. The van der Waals surface area contributed by atoms with Gasteiger partial charge in [-0.15, -0.1) is 0 Å². The van der Waals surface area contributed by atoms with E-state index in [4.69, 9.17) is 10.5 Å². The Morgan fingerprint density at radius 3 is 2.33 bits per heavy atom. The summed E-state index contributed by atoms with van der Waals surface area (Å²) in [6.07, 6.45) is 0.0517. The fraction of sp³-hybridized carbons (Fsp3) is 0.500. The molecule has 4 nitrogen and oxygen atoms in total. The maximum Gasteiger partial charge on any atom is 0.227 e. The Labute approximate surface area is 109 Å². The zero-order valence-corrected chi connectivity index (χ0v) is 11.5. The average molecular weight is 250 g/mol. The minimum atomic E-state index is -0.226. The number of methoxy groups -OCH3 is 1. The molecule has 0 aliphatic rings. The van der Waals surface area contributed by atoms with Crippen LogP contribution in [0.25, 0.3) is 0 Å². The minimum absolute atomic E-state index is 0.0673. The first-order valence-corrected chi connectivity index (χ1v) is 6.08. The van der Waals surface area contributed by atoms with Gasteiger partial charge in [-0.05, 0) is 31.9 Å². The minimum Gasteiger partial charge on any atom is -0.380 e. The lowest BCUT2D eigenvalue weighted by atomic mass is 10.0. The highest BCUT2D eigenvalue weighted by molar-refractivity contribution is 5.92. The van der Waals surface area contributed by atoms with Crippen LogP contribution in [0.3, 0.4) is 0 Å². The molecule has 1 aromatic rings. The molecule has 0 aromatic heterocycles. The quantitative estimate of drug-likeness (QED) is 0.839. The maximum atomic E-state index is 11.9. The molecule has 3 N–H and O–H groups in total. The first kappa shape index (κ1) is 14.7. The first-order valence-electron chi connectivity index (χ1n) is 6.08. The zero-order valence-electron chi connectivity index (χ0n) is 11.5. The predicted molar refractivity (Wildman–Crippen MR) is 73.8 cm³/mol. The molecule has 0 spiro atoms. The van der Waals surface area contributed by atoms with Gasteiger partial charge in [-0.3, -0.25) is 4.79 Å². The molecular weight excluding hydrogens is 228 g/mol. The molecular formula is C14H22N2O2. The van der Waals surface area contributed by atoms with Gasteiger partial charge >= 0.3 is 0 Å². The van der Waals surface area contributed by atoms with Gasteiger partial charge in [0.05, 0.1) is 12.5 Å². The van der Waals surface area contributed by atoms with E-state index in [1.807, 2.05) is 20.8 Å². The molecule has 0 bridgehead atoms. The number of aryl methyl sites for hydroxylation is 3. The van der Waals surface area contributed by atoms with E-state index >= 15 is 0 Å². The lowest BCUT2D eigenvalue weighted by Gasteiger charge is -2.15. The third kappa shape index (κ3) is 3.82. The SMILES string of the molecule is COC(CN)CC(=O)Nc1c(C)cc(C)cc1C. The summed E-state index contributed by atoms with van der Waals surface area (Å²) in [6, 6.07) is 4.11. The smallest absolute Gasteiger partial charge is 0.227 e. The topological polar surface area (TPSA) is 64.3 Å². The number of nitrogens with one attached hydrogen (secondary N) is 1. The summed E-state index contributed by atoms with van der Waals surface area (Å²) in [6.45, 7) is 6.37. The number of rotatable bonds is 5. The first-order chi connectivity index (χ1) is 8.47. The average Bonchev–Trinajstić information content (AvgIpc) is 2.30. The molecule has 1 aromatic carbocycles. The molecule has 0 heterocycles. The summed E-state index contributed by atoms with van der Waals surface area (Å²) in [7, 11) is 1.56. The molecule has 1 amide bonds. The van der Waals surface area contributed by atoms with E-state index in [-0.39, 0.29) is 18.4 Å². The lowest BCUT2D eigenvalue weighted by Crippen LogP contribution is -2.28. The molecule has 4 heteroatoms. The van der Waals surface area contributed by atoms with Crippen LogP contribution in [-0.2, 0) is 9.53 Å². The van der Waals surface area contributed by atoms with Crippen molar-refractivity contribution in [3.8, 4) is 0 Å². The summed E-state index contributed by atoms with van der Waals surface area (Å²) in [5, 5.41) is 2.93. The fourth-order valence-corrected chi connectivity index (χ4v) is 2.04. The van der Waals surface area contributed by atoms with Crippen molar-refractivity contribution in [2.45, 2.75) is 33.3 Å². The maximum absolute atomic E-state index is 11.9. The summed E-state index contributed by atoms with van der Waals surface area (Å²) >= 11 is 0. The number of anilines is 1. The van der Waals surface area contributed by atoms with Crippen molar-refractivity contribution in [2.24, 2.45) is 5.73 Å². The van der Waals surface area contributed by atoms with Crippen LogP contribution < -0.4 is 11.1 Å². The highest BCUT2D eigenvalue weighted by Crippen LogP contribution is 2.22. The Kier molecular flexibility index (Phi) is 5.31. The predicted octanol–water partition coefficient (Wildman–Crippen LogP) is 1.91. The Morgan fingerprint density at radius 1 is 1.33 bits per heavy atom. The van der Waals surface area contributed by atoms with Crippen molar-refractivity contribution in [1.29, 1.82) is 0 Å². The molecule has 0 radical (unpaired) electrons. The van der Waals surface area contributed by atoms with Crippen LogP contribution in [0.15, 0.2) is 12.1 Å². The number of nitrogens with two attached hydrogens (primary N) is 1. The van der Waals surface area contributed by atoms with Crippen LogP contribution in [0.5, 0.6) is 0 Å². The van der Waals surface area contributed by atoms with Gasteiger partial charge in [0, 0.05) is 19.3 Å². The Morgan fingerprint density at radius 2 is 1.89 bits per heavy atom. The summed E-state index contributed by atoms with van der Waals surface area (Å²) in [5.41, 5.74) is 9.72. The molecule has 0 fully saturated rings. The summed E-state index contributed by atoms with van der Waals surface area (Å²) in [5.74, 6) is -0.0673. The molecule has 0 aliphatic carbocycles. The molecule has 0 aliphatic heterocycles. The standard InChI is InChI=1S/C14H22N2O2/c1-9-5-10(2)14(11(3)6-9)16-13(17)7-12(8-15)18-4/h5-6,12H,7-8,15H2,1-4H3,(H,16,17). The van der Waals surface area contributed by atoms with Crippen molar-refractivity contribution in [1.82, 2.24) is 0 Å². The lowest BCUT2D eigenvalue weighted by molar-refractivity contribution is -0.118. The van der Waals surface area contributed by atoms with Gasteiger partial charge < -0.3 is 15.8 Å². The number of carbonyl (C=O) groups excluding carboxylic acids is 1. The van der Waals surface area contributed by atoms with E-state index in [2.05, 4.69) is 17.4 Å². The largest absolute Gasteiger partial charge is 0.380 e. The second kappa shape index (κ2) is 6.52. The van der Waals surface area contributed by atoms with Crippen LogP contribution in [0, 0.1) is 20.8 Å². The normalized spacial score (nSPS) is 12.3. The fourth-order valence-electron chi connectivity index (χ4n) is 2.04. The van der Waals surface area contributed by atoms with Crippen LogP contribution in [0.1, 0.15) is 23.1 Å².